The molecule has 3 aromatic rings. The van der Waals surface area contributed by atoms with Gasteiger partial charge < -0.3 is 15.7 Å². The van der Waals surface area contributed by atoms with E-state index in [0.29, 0.717) is 25.5 Å². The minimum atomic E-state index is -1.11. The maximum atomic E-state index is 13.0. The van der Waals surface area contributed by atoms with Crippen molar-refractivity contribution in [2.24, 2.45) is 0 Å². The Labute approximate surface area is 209 Å². The summed E-state index contributed by atoms with van der Waals surface area (Å²) < 4.78 is 0.507. The molecule has 178 valence electrons. The van der Waals surface area contributed by atoms with E-state index in [2.05, 4.69) is 27.4 Å². The summed E-state index contributed by atoms with van der Waals surface area (Å²) in [4.78, 5) is 45.3. The summed E-state index contributed by atoms with van der Waals surface area (Å²) in [5.41, 5.74) is 1.87. The minimum Gasteiger partial charge on any atom is -0.478 e. The number of hydrogen-bond acceptors (Lipinski definition) is 7. The molecule has 3 heterocycles. The Morgan fingerprint density at radius 2 is 2.00 bits per heavy atom. The van der Waals surface area contributed by atoms with Crippen molar-refractivity contribution in [3.8, 4) is 0 Å². The standard InChI is InChI=1S/C23H23ClN4O4S2/c1-2-8-28-9-7-15-18(12-28)34-22(27-15)21(30)26-16-10-13(23(31)32)3-4-14(16)11-25-20(29)17-5-6-19(24)33-17/h3-6,10H,2,7-9,11-12H2,1H3,(H,25,29)(H,26,30)(H,31,32). The van der Waals surface area contributed by atoms with Gasteiger partial charge in [-0.25, -0.2) is 9.78 Å². The smallest absolute Gasteiger partial charge is 0.335 e. The van der Waals surface area contributed by atoms with Crippen LogP contribution in [0.5, 0.6) is 0 Å². The normalized spacial score (nSPS) is 13.4. The zero-order valence-electron chi connectivity index (χ0n) is 18.4. The Bertz CT molecular complexity index is 1240. The van der Waals surface area contributed by atoms with E-state index in [0.717, 1.165) is 54.4 Å². The summed E-state index contributed by atoms with van der Waals surface area (Å²) in [5.74, 6) is -1.82. The average molecular weight is 519 g/mol. The van der Waals surface area contributed by atoms with Crippen LogP contribution in [-0.4, -0.2) is 45.9 Å². The number of carboxylic acid groups (broad SMARTS) is 1. The van der Waals surface area contributed by atoms with Gasteiger partial charge >= 0.3 is 5.97 Å². The van der Waals surface area contributed by atoms with Crippen LogP contribution in [0, 0.1) is 0 Å². The first kappa shape index (κ1) is 24.3. The minimum absolute atomic E-state index is 0.0315. The second-order valence-electron chi connectivity index (χ2n) is 7.83. The molecule has 34 heavy (non-hydrogen) atoms. The molecule has 2 aromatic heterocycles. The number of anilines is 1. The molecule has 2 amide bonds. The zero-order valence-corrected chi connectivity index (χ0v) is 20.8. The molecule has 0 saturated heterocycles. The number of rotatable bonds is 8. The van der Waals surface area contributed by atoms with Gasteiger partial charge in [0.25, 0.3) is 11.8 Å². The molecule has 0 fully saturated rings. The number of aromatic nitrogens is 1. The first-order valence-corrected chi connectivity index (χ1v) is 12.8. The molecule has 11 heteroatoms. The molecule has 0 unspecified atom stereocenters. The van der Waals surface area contributed by atoms with Crippen LogP contribution in [0.25, 0.3) is 0 Å². The Morgan fingerprint density at radius 3 is 2.71 bits per heavy atom. The van der Waals surface area contributed by atoms with Crippen LogP contribution in [0.15, 0.2) is 30.3 Å². The fourth-order valence-corrected chi connectivity index (χ4v) is 5.71. The maximum Gasteiger partial charge on any atom is 0.335 e. The van der Waals surface area contributed by atoms with Crippen LogP contribution < -0.4 is 10.6 Å². The van der Waals surface area contributed by atoms with Crippen molar-refractivity contribution in [1.82, 2.24) is 15.2 Å². The highest BCUT2D eigenvalue weighted by Crippen LogP contribution is 2.27. The topological polar surface area (TPSA) is 112 Å². The van der Waals surface area contributed by atoms with Gasteiger partial charge in [0.2, 0.25) is 0 Å². The maximum absolute atomic E-state index is 13.0. The lowest BCUT2D eigenvalue weighted by molar-refractivity contribution is 0.0696. The summed E-state index contributed by atoms with van der Waals surface area (Å²) in [6.45, 7) is 4.96. The number of aromatic carboxylic acids is 1. The Kier molecular flexibility index (Phi) is 7.62. The molecule has 8 nitrogen and oxygen atoms in total. The highest BCUT2D eigenvalue weighted by molar-refractivity contribution is 7.18. The fraction of sp³-hybridized carbons (Fsp3) is 0.304. The quantitative estimate of drug-likeness (QED) is 0.404. The van der Waals surface area contributed by atoms with Crippen LogP contribution >= 0.6 is 34.3 Å². The predicted octanol–water partition coefficient (Wildman–Crippen LogP) is 4.51. The van der Waals surface area contributed by atoms with Gasteiger partial charge in [-0.2, -0.15) is 0 Å². The average Bonchev–Trinajstić information content (AvgIpc) is 3.44. The van der Waals surface area contributed by atoms with Gasteiger partial charge in [0.05, 0.1) is 20.5 Å². The number of carbonyl (C=O) groups is 3. The lowest BCUT2D eigenvalue weighted by Gasteiger charge is -2.24. The van der Waals surface area contributed by atoms with Crippen LogP contribution in [-0.2, 0) is 19.5 Å². The van der Waals surface area contributed by atoms with E-state index < -0.39 is 11.9 Å². The van der Waals surface area contributed by atoms with Gasteiger partial charge in [0, 0.05) is 36.6 Å². The molecule has 3 N–H and O–H groups in total. The van der Waals surface area contributed by atoms with Crippen LogP contribution in [0.3, 0.4) is 0 Å². The van der Waals surface area contributed by atoms with Gasteiger partial charge in [0.1, 0.15) is 0 Å². The van der Waals surface area contributed by atoms with Crippen molar-refractivity contribution in [1.29, 1.82) is 0 Å². The lowest BCUT2D eigenvalue weighted by atomic mass is 10.1. The number of thiazole rings is 1. The molecule has 0 radical (unpaired) electrons. The Morgan fingerprint density at radius 1 is 1.18 bits per heavy atom. The van der Waals surface area contributed by atoms with Crippen molar-refractivity contribution < 1.29 is 19.5 Å². The summed E-state index contributed by atoms with van der Waals surface area (Å²) in [7, 11) is 0. The largest absolute Gasteiger partial charge is 0.478 e. The summed E-state index contributed by atoms with van der Waals surface area (Å²) in [6, 6.07) is 7.68. The third kappa shape index (κ3) is 5.64. The first-order valence-electron chi connectivity index (χ1n) is 10.8. The number of benzene rings is 1. The number of nitrogens with zero attached hydrogens (tertiary/aromatic N) is 2. The summed E-state index contributed by atoms with van der Waals surface area (Å²) in [6.07, 6.45) is 1.87. The van der Waals surface area contributed by atoms with Gasteiger partial charge in [-0.1, -0.05) is 24.6 Å². The molecular formula is C23H23ClN4O4S2. The van der Waals surface area contributed by atoms with E-state index in [1.807, 2.05) is 0 Å². The van der Waals surface area contributed by atoms with Crippen molar-refractivity contribution >= 4 is 57.7 Å². The van der Waals surface area contributed by atoms with Gasteiger partial charge in [0.15, 0.2) is 5.01 Å². The SMILES string of the molecule is CCCN1CCc2nc(C(=O)Nc3cc(C(=O)O)ccc3CNC(=O)c3ccc(Cl)s3)sc2C1. The number of halogens is 1. The Hall–Kier alpha value is -2.79. The van der Waals surface area contributed by atoms with Crippen molar-refractivity contribution in [2.45, 2.75) is 32.9 Å². The van der Waals surface area contributed by atoms with Gasteiger partial charge in [-0.15, -0.1) is 22.7 Å². The molecule has 0 bridgehead atoms. The second-order valence-corrected chi connectivity index (χ2v) is 10.6. The van der Waals surface area contributed by atoms with Gasteiger partial charge in [-0.05, 0) is 42.8 Å². The molecule has 0 atom stereocenters. The van der Waals surface area contributed by atoms with E-state index in [1.165, 1.54) is 23.5 Å². The number of thiophene rings is 1. The third-order valence-electron chi connectivity index (χ3n) is 5.39. The van der Waals surface area contributed by atoms with E-state index in [9.17, 15) is 19.5 Å². The number of carboxylic acids is 1. The molecule has 0 saturated carbocycles. The van der Waals surface area contributed by atoms with E-state index in [1.54, 1.807) is 18.2 Å². The third-order valence-corrected chi connectivity index (χ3v) is 7.70. The molecule has 4 rings (SSSR count). The number of carbonyl (C=O) groups excluding carboxylic acids is 2. The van der Waals surface area contributed by atoms with Crippen molar-refractivity contribution in [3.63, 3.8) is 0 Å². The molecule has 0 aliphatic carbocycles. The van der Waals surface area contributed by atoms with E-state index in [4.69, 9.17) is 11.6 Å². The lowest BCUT2D eigenvalue weighted by Crippen LogP contribution is -2.30. The molecule has 0 spiro atoms. The number of hydrogen-bond donors (Lipinski definition) is 3. The molecule has 1 aliphatic rings. The van der Waals surface area contributed by atoms with Crippen LogP contribution in [0.2, 0.25) is 4.34 Å². The molecule has 1 aliphatic heterocycles. The number of nitrogens with one attached hydrogen (secondary N) is 2. The predicted molar refractivity (Wildman–Crippen MR) is 133 cm³/mol. The monoisotopic (exact) mass is 518 g/mol. The first-order chi connectivity index (χ1) is 16.3. The molecular weight excluding hydrogens is 496 g/mol. The zero-order chi connectivity index (χ0) is 24.2. The molecule has 1 aromatic carbocycles. The highest BCUT2D eigenvalue weighted by Gasteiger charge is 2.23. The summed E-state index contributed by atoms with van der Waals surface area (Å²) in [5, 5.41) is 15.3. The fourth-order valence-electron chi connectivity index (χ4n) is 3.71. The van der Waals surface area contributed by atoms with E-state index in [-0.39, 0.29) is 18.0 Å². The second kappa shape index (κ2) is 10.6. The number of amides is 2. The number of fused-ring (bicyclic) bond motifs is 1. The van der Waals surface area contributed by atoms with Gasteiger partial charge in [-0.3, -0.25) is 14.5 Å². The Balaban J connectivity index is 1.51. The van der Waals surface area contributed by atoms with Crippen LogP contribution in [0.4, 0.5) is 5.69 Å². The van der Waals surface area contributed by atoms with Crippen molar-refractivity contribution in [2.75, 3.05) is 18.4 Å². The van der Waals surface area contributed by atoms with Crippen molar-refractivity contribution in [3.05, 3.63) is 66.3 Å². The summed E-state index contributed by atoms with van der Waals surface area (Å²) >= 11 is 8.42. The highest BCUT2D eigenvalue weighted by atomic mass is 35.5. The van der Waals surface area contributed by atoms with Crippen LogP contribution in [0.1, 0.15) is 59.3 Å². The van der Waals surface area contributed by atoms with E-state index >= 15 is 0 Å².